The van der Waals surface area contributed by atoms with Crippen molar-refractivity contribution in [3.63, 3.8) is 0 Å². The number of hydrogen-bond acceptors (Lipinski definition) is 4. The van der Waals surface area contributed by atoms with Crippen molar-refractivity contribution in [2.24, 2.45) is 0 Å². The zero-order valence-electron chi connectivity index (χ0n) is 13.3. The van der Waals surface area contributed by atoms with Gasteiger partial charge in [-0.25, -0.2) is 4.98 Å². The lowest BCUT2D eigenvalue weighted by molar-refractivity contribution is -0.0586. The number of carbonyl (C=O) groups excluding carboxylic acids is 1. The van der Waals surface area contributed by atoms with Crippen molar-refractivity contribution in [1.29, 1.82) is 0 Å². The minimum Gasteiger partial charge on any atom is -0.372 e. The van der Waals surface area contributed by atoms with Crippen LogP contribution in [0.4, 0.5) is 5.82 Å². The molecule has 1 aliphatic rings. The van der Waals surface area contributed by atoms with Gasteiger partial charge < -0.3 is 15.0 Å². The molecule has 116 valence electrons. The monoisotopic (exact) mass is 291 g/mol. The van der Waals surface area contributed by atoms with Crippen molar-refractivity contribution in [3.05, 3.63) is 23.4 Å². The van der Waals surface area contributed by atoms with E-state index in [1.807, 2.05) is 44.7 Å². The Bertz CT molecular complexity index is 494. The van der Waals surface area contributed by atoms with Crippen LogP contribution in [0.15, 0.2) is 12.1 Å². The number of rotatable bonds is 4. The molecule has 1 saturated heterocycles. The molecule has 5 heteroatoms. The third-order valence-electron chi connectivity index (χ3n) is 3.55. The van der Waals surface area contributed by atoms with Crippen LogP contribution in [0, 0.1) is 0 Å². The molecule has 0 saturated carbocycles. The number of pyridine rings is 1. The van der Waals surface area contributed by atoms with Gasteiger partial charge in [-0.05, 0) is 39.3 Å². The third-order valence-corrected chi connectivity index (χ3v) is 3.55. The number of nitrogens with one attached hydrogen (secondary N) is 1. The minimum atomic E-state index is 0.0632. The van der Waals surface area contributed by atoms with Crippen LogP contribution < -0.4 is 5.32 Å². The first-order valence-electron chi connectivity index (χ1n) is 7.73. The van der Waals surface area contributed by atoms with Gasteiger partial charge in [0, 0.05) is 30.9 Å². The molecule has 21 heavy (non-hydrogen) atoms. The summed E-state index contributed by atoms with van der Waals surface area (Å²) in [6, 6.07) is 3.74. The summed E-state index contributed by atoms with van der Waals surface area (Å²) in [5, 5.41) is 3.19. The van der Waals surface area contributed by atoms with E-state index in [0.717, 1.165) is 24.5 Å². The topological polar surface area (TPSA) is 54.5 Å². The first-order valence-corrected chi connectivity index (χ1v) is 7.73. The molecule has 2 heterocycles. The van der Waals surface area contributed by atoms with Gasteiger partial charge in [-0.2, -0.15) is 0 Å². The van der Waals surface area contributed by atoms with Crippen molar-refractivity contribution < 1.29 is 9.53 Å². The molecule has 1 fully saturated rings. The second-order valence-electron chi connectivity index (χ2n) is 5.58. The summed E-state index contributed by atoms with van der Waals surface area (Å²) >= 11 is 0. The molecule has 0 unspecified atom stereocenters. The van der Waals surface area contributed by atoms with Gasteiger partial charge in [-0.3, -0.25) is 4.79 Å². The van der Waals surface area contributed by atoms with Gasteiger partial charge in [0.25, 0.3) is 5.91 Å². The number of hydrogen-bond donors (Lipinski definition) is 1. The molecule has 1 aromatic heterocycles. The summed E-state index contributed by atoms with van der Waals surface area (Å²) in [5.74, 6) is 0.836. The molecular formula is C16H25N3O2. The molecule has 2 rings (SSSR count). The van der Waals surface area contributed by atoms with Crippen molar-refractivity contribution in [3.8, 4) is 0 Å². The zero-order valence-corrected chi connectivity index (χ0v) is 13.3. The number of nitrogens with zero attached hydrogens (tertiary/aromatic N) is 2. The summed E-state index contributed by atoms with van der Waals surface area (Å²) in [5.41, 5.74) is 1.64. The maximum absolute atomic E-state index is 12.7. The first-order chi connectivity index (χ1) is 10.0. The largest absolute Gasteiger partial charge is 0.372 e. The Morgan fingerprint density at radius 1 is 1.33 bits per heavy atom. The second kappa shape index (κ2) is 6.89. The Morgan fingerprint density at radius 2 is 2.00 bits per heavy atom. The Morgan fingerprint density at radius 3 is 2.57 bits per heavy atom. The molecule has 0 radical (unpaired) electrons. The lowest BCUT2D eigenvalue weighted by atomic mass is 10.1. The van der Waals surface area contributed by atoms with E-state index in [1.165, 1.54) is 0 Å². The predicted molar refractivity (Wildman–Crippen MR) is 83.7 cm³/mol. The van der Waals surface area contributed by atoms with Gasteiger partial charge in [-0.15, -0.1) is 0 Å². The van der Waals surface area contributed by atoms with Crippen LogP contribution in [-0.2, 0) is 11.2 Å². The molecule has 1 amide bonds. The summed E-state index contributed by atoms with van der Waals surface area (Å²) in [6.07, 6.45) is 0.979. The third kappa shape index (κ3) is 3.94. The fourth-order valence-corrected chi connectivity index (χ4v) is 2.69. The smallest absolute Gasteiger partial charge is 0.254 e. The quantitative estimate of drug-likeness (QED) is 0.925. The summed E-state index contributed by atoms with van der Waals surface area (Å²) < 4.78 is 5.69. The number of ether oxygens (including phenoxy) is 1. The van der Waals surface area contributed by atoms with Gasteiger partial charge in [0.2, 0.25) is 0 Å². The Labute approximate surface area is 126 Å². The maximum atomic E-state index is 12.7. The highest BCUT2D eigenvalue weighted by Crippen LogP contribution is 2.17. The zero-order chi connectivity index (χ0) is 15.4. The molecule has 0 aromatic carbocycles. The maximum Gasteiger partial charge on any atom is 0.254 e. The molecule has 1 aliphatic heterocycles. The van der Waals surface area contributed by atoms with Crippen LogP contribution in [0.5, 0.6) is 0 Å². The van der Waals surface area contributed by atoms with Crippen LogP contribution in [0.3, 0.4) is 0 Å². The highest BCUT2D eigenvalue weighted by Gasteiger charge is 2.27. The molecule has 0 spiro atoms. The fourth-order valence-electron chi connectivity index (χ4n) is 2.69. The molecule has 0 bridgehead atoms. The molecule has 2 atom stereocenters. The summed E-state index contributed by atoms with van der Waals surface area (Å²) in [4.78, 5) is 19.1. The predicted octanol–water partition coefficient (Wildman–Crippen LogP) is 2.33. The van der Waals surface area contributed by atoms with Gasteiger partial charge in [0.15, 0.2) is 0 Å². The van der Waals surface area contributed by atoms with E-state index in [4.69, 9.17) is 4.74 Å². The number of aryl methyl sites for hydroxylation is 1. The lowest BCUT2D eigenvalue weighted by Gasteiger charge is -2.35. The normalized spacial score (nSPS) is 22.2. The highest BCUT2D eigenvalue weighted by molar-refractivity contribution is 5.95. The van der Waals surface area contributed by atoms with Crippen LogP contribution in [0.25, 0.3) is 0 Å². The Balaban J connectivity index is 2.23. The number of carbonyl (C=O) groups is 1. The average molecular weight is 291 g/mol. The van der Waals surface area contributed by atoms with Crippen molar-refractivity contribution >= 4 is 11.7 Å². The second-order valence-corrected chi connectivity index (χ2v) is 5.58. The van der Waals surface area contributed by atoms with Gasteiger partial charge in [0.05, 0.1) is 12.2 Å². The van der Waals surface area contributed by atoms with E-state index in [1.54, 1.807) is 0 Å². The van der Waals surface area contributed by atoms with Gasteiger partial charge in [0.1, 0.15) is 5.82 Å². The van der Waals surface area contributed by atoms with E-state index in [2.05, 4.69) is 10.3 Å². The number of anilines is 1. The van der Waals surface area contributed by atoms with E-state index in [-0.39, 0.29) is 18.1 Å². The minimum absolute atomic E-state index is 0.0632. The molecule has 5 nitrogen and oxygen atoms in total. The summed E-state index contributed by atoms with van der Waals surface area (Å²) in [7, 11) is 0. The molecule has 1 aromatic rings. The fraction of sp³-hybridized carbons (Fsp3) is 0.625. The SMILES string of the molecule is CCNc1cc(C(=O)N2C[C@@H](C)O[C@@H](C)C2)cc(CC)n1. The van der Waals surface area contributed by atoms with Gasteiger partial charge >= 0.3 is 0 Å². The molecule has 0 aliphatic carbocycles. The van der Waals surface area contributed by atoms with E-state index < -0.39 is 0 Å². The lowest BCUT2D eigenvalue weighted by Crippen LogP contribution is -2.48. The highest BCUT2D eigenvalue weighted by atomic mass is 16.5. The van der Waals surface area contributed by atoms with Crippen molar-refractivity contribution in [2.45, 2.75) is 46.3 Å². The Kier molecular flexibility index (Phi) is 5.17. The van der Waals surface area contributed by atoms with Crippen LogP contribution in [-0.4, -0.2) is 47.6 Å². The number of morpholine rings is 1. The van der Waals surface area contributed by atoms with E-state index in [0.29, 0.717) is 18.7 Å². The van der Waals surface area contributed by atoms with Crippen LogP contribution in [0.2, 0.25) is 0 Å². The van der Waals surface area contributed by atoms with E-state index in [9.17, 15) is 4.79 Å². The van der Waals surface area contributed by atoms with Crippen LogP contribution >= 0.6 is 0 Å². The average Bonchev–Trinajstić information content (AvgIpc) is 2.45. The van der Waals surface area contributed by atoms with Gasteiger partial charge in [-0.1, -0.05) is 6.92 Å². The molecule has 1 N–H and O–H groups in total. The van der Waals surface area contributed by atoms with Crippen molar-refractivity contribution in [2.75, 3.05) is 25.0 Å². The number of aromatic nitrogens is 1. The van der Waals surface area contributed by atoms with E-state index >= 15 is 0 Å². The van der Waals surface area contributed by atoms with Crippen molar-refractivity contribution in [1.82, 2.24) is 9.88 Å². The van der Waals surface area contributed by atoms with Crippen LogP contribution in [0.1, 0.15) is 43.7 Å². The summed E-state index contributed by atoms with van der Waals surface area (Å²) in [6.45, 7) is 10.2. The standard InChI is InChI=1S/C16H25N3O2/c1-5-14-7-13(8-15(18-14)17-6-2)16(20)19-9-11(3)21-12(4)10-19/h7-8,11-12H,5-6,9-10H2,1-4H3,(H,17,18)/t11-,12+. The number of amides is 1. The molecular weight excluding hydrogens is 266 g/mol. The Hall–Kier alpha value is -1.62. The first kappa shape index (κ1) is 15.8.